The van der Waals surface area contributed by atoms with E-state index in [1.807, 2.05) is 65.4 Å². The minimum atomic E-state index is -0.523. The van der Waals surface area contributed by atoms with Gasteiger partial charge in [-0.2, -0.15) is 0 Å². The molecule has 0 unspecified atom stereocenters. The second kappa shape index (κ2) is 13.3. The SMILES string of the molecule is CCc1ccc(OCc2nnc(SCC(=O)Nc3scc(-c4ccc(OC)cc4)c3C(=O)OC)n2CC)cc1. The van der Waals surface area contributed by atoms with Crippen LogP contribution in [-0.2, 0) is 29.1 Å². The molecule has 0 aliphatic carbocycles. The Morgan fingerprint density at radius 3 is 2.36 bits per heavy atom. The number of rotatable bonds is 12. The van der Waals surface area contributed by atoms with Crippen molar-refractivity contribution in [3.8, 4) is 22.6 Å². The highest BCUT2D eigenvalue weighted by molar-refractivity contribution is 7.99. The van der Waals surface area contributed by atoms with Gasteiger partial charge in [0.05, 0.1) is 20.0 Å². The summed E-state index contributed by atoms with van der Waals surface area (Å²) in [5.41, 5.74) is 3.05. The first-order valence-corrected chi connectivity index (χ1v) is 14.2. The quantitative estimate of drug-likeness (QED) is 0.172. The molecule has 0 spiro atoms. The van der Waals surface area contributed by atoms with Gasteiger partial charge in [0.2, 0.25) is 5.91 Å². The Labute approximate surface area is 235 Å². The van der Waals surface area contributed by atoms with Crippen molar-refractivity contribution in [3.63, 3.8) is 0 Å². The van der Waals surface area contributed by atoms with Crippen molar-refractivity contribution >= 4 is 40.0 Å². The molecule has 0 bridgehead atoms. The van der Waals surface area contributed by atoms with Crippen LogP contribution < -0.4 is 14.8 Å². The first kappa shape index (κ1) is 28.2. The van der Waals surface area contributed by atoms with E-state index in [2.05, 4.69) is 22.4 Å². The van der Waals surface area contributed by atoms with Crippen LogP contribution in [-0.4, -0.2) is 46.6 Å². The highest BCUT2D eigenvalue weighted by atomic mass is 32.2. The van der Waals surface area contributed by atoms with Crippen LogP contribution in [0.4, 0.5) is 5.00 Å². The normalized spacial score (nSPS) is 10.8. The number of hydrogen-bond acceptors (Lipinski definition) is 9. The Morgan fingerprint density at radius 2 is 1.72 bits per heavy atom. The summed E-state index contributed by atoms with van der Waals surface area (Å²) in [5.74, 6) is 1.44. The van der Waals surface area contributed by atoms with Crippen LogP contribution in [0.25, 0.3) is 11.1 Å². The largest absolute Gasteiger partial charge is 0.497 e. The van der Waals surface area contributed by atoms with Crippen LogP contribution in [0.2, 0.25) is 0 Å². The summed E-state index contributed by atoms with van der Waals surface area (Å²) in [6.07, 6.45) is 0.971. The first-order chi connectivity index (χ1) is 19.0. The van der Waals surface area contributed by atoms with Gasteiger partial charge < -0.3 is 24.1 Å². The predicted octanol–water partition coefficient (Wildman–Crippen LogP) is 5.69. The van der Waals surface area contributed by atoms with Gasteiger partial charge in [-0.15, -0.1) is 21.5 Å². The van der Waals surface area contributed by atoms with Crippen LogP contribution in [0.15, 0.2) is 59.1 Å². The lowest BCUT2D eigenvalue weighted by Crippen LogP contribution is -2.16. The van der Waals surface area contributed by atoms with Gasteiger partial charge in [-0.25, -0.2) is 4.79 Å². The monoisotopic (exact) mass is 566 g/mol. The number of aromatic nitrogens is 3. The molecule has 0 aliphatic heterocycles. The Hall–Kier alpha value is -3.83. The number of carbonyl (C=O) groups excluding carboxylic acids is 2. The van der Waals surface area contributed by atoms with Crippen LogP contribution in [0.3, 0.4) is 0 Å². The van der Waals surface area contributed by atoms with Crippen molar-refractivity contribution < 1.29 is 23.8 Å². The number of methoxy groups -OCH3 is 2. The number of anilines is 1. The van der Waals surface area contributed by atoms with Crippen molar-refractivity contribution in [3.05, 3.63) is 70.9 Å². The third-order valence-corrected chi connectivity index (χ3v) is 7.84. The summed E-state index contributed by atoms with van der Waals surface area (Å²) in [5, 5.41) is 14.3. The zero-order chi connectivity index (χ0) is 27.8. The highest BCUT2D eigenvalue weighted by Crippen LogP contribution is 2.37. The van der Waals surface area contributed by atoms with Gasteiger partial charge in [0.1, 0.15) is 28.7 Å². The minimum absolute atomic E-state index is 0.0911. The lowest BCUT2D eigenvalue weighted by molar-refractivity contribution is -0.113. The van der Waals surface area contributed by atoms with E-state index in [-0.39, 0.29) is 18.3 Å². The summed E-state index contributed by atoms with van der Waals surface area (Å²) in [6.45, 7) is 5.00. The standard InChI is InChI=1S/C28H30N4O5S2/c1-5-18-7-11-21(12-8-18)37-15-23-30-31-28(32(23)6-2)39-17-24(33)29-26-25(27(34)36-4)22(16-38-26)19-9-13-20(35-3)14-10-19/h7-14,16H,5-6,15,17H2,1-4H3,(H,29,33). The zero-order valence-corrected chi connectivity index (χ0v) is 23.9. The maximum atomic E-state index is 12.9. The lowest BCUT2D eigenvalue weighted by Gasteiger charge is -2.10. The van der Waals surface area contributed by atoms with Crippen LogP contribution in [0.1, 0.15) is 35.6 Å². The zero-order valence-electron chi connectivity index (χ0n) is 22.2. The van der Waals surface area contributed by atoms with Crippen molar-refractivity contribution in [1.29, 1.82) is 0 Å². The Kier molecular flexibility index (Phi) is 9.61. The molecule has 4 aromatic rings. The van der Waals surface area contributed by atoms with E-state index in [1.165, 1.54) is 35.8 Å². The second-order valence-corrected chi connectivity index (χ2v) is 10.2. The van der Waals surface area contributed by atoms with Crippen LogP contribution >= 0.6 is 23.1 Å². The molecule has 0 aliphatic rings. The fourth-order valence-corrected chi connectivity index (χ4v) is 5.64. The minimum Gasteiger partial charge on any atom is -0.497 e. The van der Waals surface area contributed by atoms with E-state index in [0.29, 0.717) is 39.4 Å². The molecule has 204 valence electrons. The number of amides is 1. The van der Waals surface area contributed by atoms with Gasteiger partial charge in [0.15, 0.2) is 11.0 Å². The number of esters is 1. The molecule has 0 saturated carbocycles. The van der Waals surface area contributed by atoms with E-state index >= 15 is 0 Å². The summed E-state index contributed by atoms with van der Waals surface area (Å²) in [4.78, 5) is 25.5. The number of carbonyl (C=O) groups is 2. The second-order valence-electron chi connectivity index (χ2n) is 8.34. The van der Waals surface area contributed by atoms with Gasteiger partial charge in [0.25, 0.3) is 0 Å². The molecule has 2 aromatic carbocycles. The Bertz CT molecular complexity index is 1410. The molecule has 2 aromatic heterocycles. The molecule has 0 saturated heterocycles. The molecule has 0 atom stereocenters. The molecular weight excluding hydrogens is 536 g/mol. The average Bonchev–Trinajstić information content (AvgIpc) is 3.58. The third kappa shape index (κ3) is 6.79. The molecule has 39 heavy (non-hydrogen) atoms. The van der Waals surface area contributed by atoms with E-state index in [4.69, 9.17) is 14.2 Å². The average molecular weight is 567 g/mol. The molecule has 9 nitrogen and oxygen atoms in total. The van der Waals surface area contributed by atoms with Crippen LogP contribution in [0, 0.1) is 0 Å². The van der Waals surface area contributed by atoms with Gasteiger partial charge in [-0.05, 0) is 48.7 Å². The number of nitrogens with zero attached hydrogens (tertiary/aromatic N) is 3. The van der Waals surface area contributed by atoms with Crippen molar-refractivity contribution in [1.82, 2.24) is 14.8 Å². The molecule has 0 radical (unpaired) electrons. The van der Waals surface area contributed by atoms with Crippen molar-refractivity contribution in [2.45, 2.75) is 38.6 Å². The number of ether oxygens (including phenoxy) is 3. The van der Waals surface area contributed by atoms with Crippen molar-refractivity contribution in [2.24, 2.45) is 0 Å². The fourth-order valence-electron chi connectivity index (χ4n) is 3.85. The van der Waals surface area contributed by atoms with Gasteiger partial charge in [-0.3, -0.25) is 4.79 Å². The number of thioether (sulfide) groups is 1. The first-order valence-electron chi connectivity index (χ1n) is 12.4. The molecule has 1 N–H and O–H groups in total. The van der Waals surface area contributed by atoms with E-state index in [1.54, 1.807) is 7.11 Å². The number of benzene rings is 2. The highest BCUT2D eigenvalue weighted by Gasteiger charge is 2.23. The van der Waals surface area contributed by atoms with Gasteiger partial charge in [-0.1, -0.05) is 43.0 Å². The summed E-state index contributed by atoms with van der Waals surface area (Å²) in [7, 11) is 2.91. The molecule has 2 heterocycles. The van der Waals surface area contributed by atoms with Crippen LogP contribution in [0.5, 0.6) is 11.5 Å². The third-order valence-electron chi connectivity index (χ3n) is 5.98. The Morgan fingerprint density at radius 1 is 1.00 bits per heavy atom. The Balaban J connectivity index is 1.41. The number of nitrogens with one attached hydrogen (secondary N) is 1. The topological polar surface area (TPSA) is 105 Å². The van der Waals surface area contributed by atoms with E-state index in [9.17, 15) is 9.59 Å². The number of thiophene rings is 1. The molecule has 11 heteroatoms. The maximum absolute atomic E-state index is 12.9. The van der Waals surface area contributed by atoms with Gasteiger partial charge >= 0.3 is 5.97 Å². The summed E-state index contributed by atoms with van der Waals surface area (Å²) in [6, 6.07) is 15.3. The summed E-state index contributed by atoms with van der Waals surface area (Å²) < 4.78 is 18.0. The smallest absolute Gasteiger partial charge is 0.341 e. The van der Waals surface area contributed by atoms with E-state index in [0.717, 1.165) is 17.7 Å². The molecule has 1 amide bonds. The predicted molar refractivity (Wildman–Crippen MR) is 153 cm³/mol. The molecule has 0 fully saturated rings. The fraction of sp³-hybridized carbons (Fsp3) is 0.286. The number of hydrogen-bond donors (Lipinski definition) is 1. The van der Waals surface area contributed by atoms with E-state index < -0.39 is 5.97 Å². The maximum Gasteiger partial charge on any atom is 0.341 e. The number of aryl methyl sites for hydroxylation is 1. The van der Waals surface area contributed by atoms with Gasteiger partial charge in [0, 0.05) is 17.5 Å². The molecular formula is C28H30N4O5S2. The molecule has 4 rings (SSSR count). The van der Waals surface area contributed by atoms with Crippen molar-refractivity contribution in [2.75, 3.05) is 25.3 Å². The lowest BCUT2D eigenvalue weighted by atomic mass is 10.0. The summed E-state index contributed by atoms with van der Waals surface area (Å²) >= 11 is 2.54.